The Labute approximate surface area is 179 Å². The van der Waals surface area contributed by atoms with Gasteiger partial charge in [0.15, 0.2) is 0 Å². The van der Waals surface area contributed by atoms with Gasteiger partial charge in [-0.05, 0) is 30.5 Å². The number of primary amides is 1. The van der Waals surface area contributed by atoms with Crippen molar-refractivity contribution in [2.45, 2.75) is 24.9 Å². The second-order valence-electron chi connectivity index (χ2n) is 7.69. The molecule has 0 atom stereocenters. The molecule has 0 saturated carbocycles. The van der Waals surface area contributed by atoms with Crippen LogP contribution in [0.1, 0.15) is 34.3 Å². The van der Waals surface area contributed by atoms with Crippen LogP contribution in [0.15, 0.2) is 42.5 Å². The molecule has 1 saturated heterocycles. The normalized spacial score (nSPS) is 17.2. The molecule has 4 rings (SSSR count). The van der Waals surface area contributed by atoms with Crippen molar-refractivity contribution in [3.05, 3.63) is 64.2 Å². The Kier molecular flexibility index (Phi) is 5.15. The second-order valence-corrected chi connectivity index (χ2v) is 8.10. The van der Waals surface area contributed by atoms with Gasteiger partial charge in [-0.15, -0.1) is 0 Å². The third kappa shape index (κ3) is 3.29. The molecule has 0 bridgehead atoms. The number of benzene rings is 2. The van der Waals surface area contributed by atoms with E-state index in [0.29, 0.717) is 42.2 Å². The van der Waals surface area contributed by atoms with Gasteiger partial charge in [0.25, 0.3) is 0 Å². The van der Waals surface area contributed by atoms with Gasteiger partial charge in [0.05, 0.1) is 5.41 Å². The SMILES string of the molecule is CN1C(=O)C2(CCN(C(=O)OCc3ccccc3)CC2)c2c(Cl)cc(C(N)=O)cc21. The molecule has 2 aliphatic rings. The number of likely N-dealkylation sites (tertiary alicyclic amines) is 1. The van der Waals surface area contributed by atoms with E-state index in [1.54, 1.807) is 18.0 Å². The minimum atomic E-state index is -0.812. The average Bonchev–Trinajstić information content (AvgIpc) is 2.95. The van der Waals surface area contributed by atoms with Crippen molar-refractivity contribution in [2.75, 3.05) is 25.0 Å². The molecule has 30 heavy (non-hydrogen) atoms. The lowest BCUT2D eigenvalue weighted by Gasteiger charge is -2.38. The molecule has 0 radical (unpaired) electrons. The number of ether oxygens (including phenoxy) is 1. The van der Waals surface area contributed by atoms with Gasteiger partial charge in [-0.3, -0.25) is 9.59 Å². The Hall–Kier alpha value is -3.06. The lowest BCUT2D eigenvalue weighted by molar-refractivity contribution is -0.124. The van der Waals surface area contributed by atoms with E-state index in [9.17, 15) is 14.4 Å². The lowest BCUT2D eigenvalue weighted by atomic mass is 9.73. The van der Waals surface area contributed by atoms with E-state index in [1.807, 2.05) is 30.3 Å². The molecule has 1 fully saturated rings. The summed E-state index contributed by atoms with van der Waals surface area (Å²) >= 11 is 6.50. The Morgan fingerprint density at radius 2 is 1.83 bits per heavy atom. The molecular weight excluding hydrogens is 406 g/mol. The number of hydrogen-bond acceptors (Lipinski definition) is 4. The number of carbonyl (C=O) groups is 3. The Morgan fingerprint density at radius 1 is 1.17 bits per heavy atom. The molecular formula is C22H22ClN3O4. The van der Waals surface area contributed by atoms with Crippen LogP contribution in [0.4, 0.5) is 10.5 Å². The highest BCUT2D eigenvalue weighted by Gasteiger charge is 2.53. The predicted molar refractivity (Wildman–Crippen MR) is 112 cm³/mol. The van der Waals surface area contributed by atoms with Crippen LogP contribution in [-0.4, -0.2) is 42.9 Å². The summed E-state index contributed by atoms with van der Waals surface area (Å²) in [6.07, 6.45) is 0.460. The summed E-state index contributed by atoms with van der Waals surface area (Å²) in [6, 6.07) is 12.6. The Balaban J connectivity index is 1.51. The molecule has 2 heterocycles. The summed E-state index contributed by atoms with van der Waals surface area (Å²) in [7, 11) is 1.66. The molecule has 7 nitrogen and oxygen atoms in total. The smallest absolute Gasteiger partial charge is 0.410 e. The van der Waals surface area contributed by atoms with Crippen molar-refractivity contribution in [1.82, 2.24) is 4.90 Å². The monoisotopic (exact) mass is 427 g/mol. The zero-order valence-corrected chi connectivity index (χ0v) is 17.3. The van der Waals surface area contributed by atoms with Crippen molar-refractivity contribution in [2.24, 2.45) is 5.73 Å². The van der Waals surface area contributed by atoms with Gasteiger partial charge >= 0.3 is 6.09 Å². The van der Waals surface area contributed by atoms with E-state index in [2.05, 4.69) is 0 Å². The van der Waals surface area contributed by atoms with Crippen LogP contribution in [0.2, 0.25) is 5.02 Å². The number of hydrogen-bond donors (Lipinski definition) is 1. The molecule has 2 aromatic carbocycles. The van der Waals surface area contributed by atoms with Crippen LogP contribution in [0, 0.1) is 0 Å². The van der Waals surface area contributed by atoms with Crippen LogP contribution in [0.3, 0.4) is 0 Å². The van der Waals surface area contributed by atoms with E-state index in [1.165, 1.54) is 11.0 Å². The fraction of sp³-hybridized carbons (Fsp3) is 0.318. The molecule has 1 spiro atoms. The molecule has 0 aromatic heterocycles. The molecule has 0 unspecified atom stereocenters. The first-order valence-corrected chi connectivity index (χ1v) is 10.1. The largest absolute Gasteiger partial charge is 0.445 e. The quantitative estimate of drug-likeness (QED) is 0.814. The van der Waals surface area contributed by atoms with Crippen molar-refractivity contribution in [3.63, 3.8) is 0 Å². The predicted octanol–water partition coefficient (Wildman–Crippen LogP) is 3.09. The number of nitrogens with two attached hydrogens (primary N) is 1. The van der Waals surface area contributed by atoms with Gasteiger partial charge in [-0.1, -0.05) is 41.9 Å². The lowest BCUT2D eigenvalue weighted by Crippen LogP contribution is -2.49. The van der Waals surface area contributed by atoms with Gasteiger partial charge in [0.1, 0.15) is 6.61 Å². The summed E-state index contributed by atoms with van der Waals surface area (Å²) in [5.41, 5.74) is 7.06. The molecule has 0 aliphatic carbocycles. The van der Waals surface area contributed by atoms with Crippen molar-refractivity contribution < 1.29 is 19.1 Å². The molecule has 156 valence electrons. The van der Waals surface area contributed by atoms with E-state index in [-0.39, 0.29) is 18.1 Å². The number of rotatable bonds is 3. The standard InChI is InChI=1S/C22H22ClN3O4/c1-25-17-12-15(19(24)27)11-16(23)18(17)22(20(25)28)7-9-26(10-8-22)21(29)30-13-14-5-3-2-4-6-14/h2-6,11-12H,7-10,13H2,1H3,(H2,24,27). The maximum atomic E-state index is 13.2. The number of amides is 3. The van der Waals surface area contributed by atoms with E-state index in [0.717, 1.165) is 5.56 Å². The van der Waals surface area contributed by atoms with Crippen molar-refractivity contribution in [1.29, 1.82) is 0 Å². The van der Waals surface area contributed by atoms with Crippen LogP contribution in [-0.2, 0) is 21.6 Å². The maximum Gasteiger partial charge on any atom is 0.410 e. The molecule has 2 N–H and O–H groups in total. The van der Waals surface area contributed by atoms with Gasteiger partial charge in [0.2, 0.25) is 11.8 Å². The number of carbonyl (C=O) groups excluding carboxylic acids is 3. The summed E-state index contributed by atoms with van der Waals surface area (Å²) in [4.78, 5) is 40.4. The minimum absolute atomic E-state index is 0.0849. The van der Waals surface area contributed by atoms with E-state index in [4.69, 9.17) is 22.1 Å². The van der Waals surface area contributed by atoms with Crippen LogP contribution in [0.5, 0.6) is 0 Å². The summed E-state index contributed by atoms with van der Waals surface area (Å²) < 4.78 is 5.42. The van der Waals surface area contributed by atoms with Gasteiger partial charge < -0.3 is 20.3 Å². The molecule has 3 amide bonds. The minimum Gasteiger partial charge on any atom is -0.445 e. The van der Waals surface area contributed by atoms with Crippen LogP contribution in [0.25, 0.3) is 0 Å². The zero-order valence-electron chi connectivity index (χ0n) is 16.6. The van der Waals surface area contributed by atoms with Crippen molar-refractivity contribution >= 4 is 35.2 Å². The van der Waals surface area contributed by atoms with Gasteiger partial charge in [0, 0.05) is 42.0 Å². The number of piperidine rings is 1. The first-order chi connectivity index (χ1) is 14.3. The highest BCUT2D eigenvalue weighted by Crippen LogP contribution is 2.50. The first kappa shape index (κ1) is 20.2. The third-order valence-electron chi connectivity index (χ3n) is 5.99. The highest BCUT2D eigenvalue weighted by molar-refractivity contribution is 6.33. The molecule has 2 aromatic rings. The number of likely N-dealkylation sites (N-methyl/N-ethyl adjacent to an activating group) is 1. The average molecular weight is 428 g/mol. The number of fused-ring (bicyclic) bond motifs is 2. The third-order valence-corrected chi connectivity index (χ3v) is 6.29. The summed E-state index contributed by atoms with van der Waals surface area (Å²) in [5.74, 6) is -0.684. The molecule has 8 heteroatoms. The maximum absolute atomic E-state index is 13.2. The van der Waals surface area contributed by atoms with E-state index >= 15 is 0 Å². The number of nitrogens with zero attached hydrogens (tertiary/aromatic N) is 2. The van der Waals surface area contributed by atoms with E-state index < -0.39 is 17.4 Å². The first-order valence-electron chi connectivity index (χ1n) is 9.71. The van der Waals surface area contributed by atoms with Crippen LogP contribution >= 0.6 is 11.6 Å². The summed E-state index contributed by atoms with van der Waals surface area (Å²) in [6.45, 7) is 0.953. The zero-order chi connectivity index (χ0) is 21.5. The molecule has 2 aliphatic heterocycles. The number of anilines is 1. The second kappa shape index (κ2) is 7.65. The highest BCUT2D eigenvalue weighted by atomic mass is 35.5. The Bertz CT molecular complexity index is 1020. The van der Waals surface area contributed by atoms with Gasteiger partial charge in [-0.25, -0.2) is 4.79 Å². The number of halogens is 1. The topological polar surface area (TPSA) is 92.9 Å². The summed E-state index contributed by atoms with van der Waals surface area (Å²) in [5, 5.41) is 0.346. The van der Waals surface area contributed by atoms with Gasteiger partial charge in [-0.2, -0.15) is 0 Å². The fourth-order valence-corrected chi connectivity index (χ4v) is 4.75. The van der Waals surface area contributed by atoms with Crippen LogP contribution < -0.4 is 10.6 Å². The fourth-order valence-electron chi connectivity index (χ4n) is 4.36. The van der Waals surface area contributed by atoms with Crippen molar-refractivity contribution in [3.8, 4) is 0 Å². The Morgan fingerprint density at radius 3 is 2.47 bits per heavy atom.